The second-order valence-corrected chi connectivity index (χ2v) is 7.29. The molecule has 4 nitrogen and oxygen atoms in total. The molecular weight excluding hydrogens is 278 g/mol. The predicted molar refractivity (Wildman–Crippen MR) is 85.6 cm³/mol. The van der Waals surface area contributed by atoms with Crippen LogP contribution in [0.3, 0.4) is 0 Å². The molecule has 1 unspecified atom stereocenters. The molecule has 1 saturated heterocycles. The Morgan fingerprint density at radius 1 is 1.32 bits per heavy atom. The zero-order chi connectivity index (χ0) is 15.9. The summed E-state index contributed by atoms with van der Waals surface area (Å²) in [5.74, 6) is 1.14. The highest BCUT2D eigenvalue weighted by molar-refractivity contribution is 5.44. The minimum Gasteiger partial charge on any atom is -0.508 e. The summed E-state index contributed by atoms with van der Waals surface area (Å²) >= 11 is 0. The van der Waals surface area contributed by atoms with E-state index in [1.807, 2.05) is 6.07 Å². The van der Waals surface area contributed by atoms with Gasteiger partial charge in [0.25, 0.3) is 0 Å². The van der Waals surface area contributed by atoms with Gasteiger partial charge in [0.2, 0.25) is 0 Å². The van der Waals surface area contributed by atoms with Crippen molar-refractivity contribution < 1.29 is 15.3 Å². The number of hydrogen-bond acceptors (Lipinski definition) is 4. The van der Waals surface area contributed by atoms with E-state index in [-0.39, 0.29) is 24.5 Å². The van der Waals surface area contributed by atoms with Gasteiger partial charge in [-0.15, -0.1) is 0 Å². The Hall–Kier alpha value is -1.10. The van der Waals surface area contributed by atoms with Crippen molar-refractivity contribution in [1.29, 1.82) is 0 Å². The number of aliphatic hydroxyl groups is 2. The van der Waals surface area contributed by atoms with Crippen molar-refractivity contribution in [2.24, 2.45) is 11.8 Å². The summed E-state index contributed by atoms with van der Waals surface area (Å²) in [4.78, 5) is 2.47. The average molecular weight is 305 g/mol. The molecule has 0 amide bonds. The van der Waals surface area contributed by atoms with Crippen LogP contribution in [0.15, 0.2) is 12.1 Å². The monoisotopic (exact) mass is 305 g/mol. The fourth-order valence-electron chi connectivity index (χ4n) is 4.14. The van der Waals surface area contributed by atoms with Crippen LogP contribution in [-0.4, -0.2) is 39.4 Å². The first kappa shape index (κ1) is 15.8. The van der Waals surface area contributed by atoms with Crippen molar-refractivity contribution >= 4 is 0 Å². The number of fused-ring (bicyclic) bond motifs is 3. The molecule has 0 spiro atoms. The Kier molecular flexibility index (Phi) is 4.44. The maximum atomic E-state index is 10.5. The van der Waals surface area contributed by atoms with Gasteiger partial charge in [-0.25, -0.2) is 0 Å². The number of piperidine rings is 1. The molecule has 0 saturated carbocycles. The molecule has 122 valence electrons. The van der Waals surface area contributed by atoms with Crippen molar-refractivity contribution in [3.05, 3.63) is 28.8 Å². The maximum absolute atomic E-state index is 10.5. The molecule has 4 heteroatoms. The van der Waals surface area contributed by atoms with Gasteiger partial charge < -0.3 is 15.3 Å². The summed E-state index contributed by atoms with van der Waals surface area (Å²) in [6, 6.07) is 3.94. The molecule has 2 heterocycles. The van der Waals surface area contributed by atoms with Crippen LogP contribution < -0.4 is 0 Å². The Balaban J connectivity index is 1.86. The van der Waals surface area contributed by atoms with E-state index >= 15 is 0 Å². The minimum absolute atomic E-state index is 0.148. The Morgan fingerprint density at radius 2 is 2.09 bits per heavy atom. The van der Waals surface area contributed by atoms with Gasteiger partial charge in [-0.3, -0.25) is 4.90 Å². The molecule has 3 N–H and O–H groups in total. The number of rotatable bonds is 3. The van der Waals surface area contributed by atoms with Gasteiger partial charge in [0.15, 0.2) is 0 Å². The number of hydrogen-bond donors (Lipinski definition) is 3. The van der Waals surface area contributed by atoms with E-state index in [1.165, 1.54) is 5.56 Å². The molecule has 3 atom stereocenters. The number of nitrogens with zero attached hydrogens (tertiary/aromatic N) is 1. The lowest BCUT2D eigenvalue weighted by Crippen LogP contribution is -2.48. The standard InChI is InChI=1S/C18H27NO3/c1-11(2)5-13-9-19-4-3-12-7-17(21)14(10-20)6-15(12)16(19)8-18(13)22/h6-7,11,13,16,18,20-22H,3-5,8-10H2,1-2H3/t13-,16?,18-/m0/s1. The summed E-state index contributed by atoms with van der Waals surface area (Å²) in [6.45, 7) is 6.20. The first-order valence-corrected chi connectivity index (χ1v) is 8.37. The third-order valence-corrected chi connectivity index (χ3v) is 5.23. The summed E-state index contributed by atoms with van der Waals surface area (Å²) in [5.41, 5.74) is 2.92. The van der Waals surface area contributed by atoms with Crippen molar-refractivity contribution in [2.45, 2.75) is 51.9 Å². The molecule has 2 aliphatic rings. The quantitative estimate of drug-likeness (QED) is 0.801. The molecule has 1 fully saturated rings. The topological polar surface area (TPSA) is 63.9 Å². The lowest BCUT2D eigenvalue weighted by molar-refractivity contribution is -0.0191. The normalized spacial score (nSPS) is 28.5. The van der Waals surface area contributed by atoms with Gasteiger partial charge in [-0.05, 0) is 54.4 Å². The summed E-state index contributed by atoms with van der Waals surface area (Å²) < 4.78 is 0. The van der Waals surface area contributed by atoms with E-state index in [2.05, 4.69) is 18.7 Å². The Bertz CT molecular complexity index is 543. The highest BCUT2D eigenvalue weighted by atomic mass is 16.3. The summed E-state index contributed by atoms with van der Waals surface area (Å²) in [6.07, 6.45) is 2.48. The molecule has 1 aromatic carbocycles. The maximum Gasteiger partial charge on any atom is 0.121 e. The average Bonchev–Trinajstić information content (AvgIpc) is 2.47. The molecule has 1 aromatic rings. The van der Waals surface area contributed by atoms with E-state index in [9.17, 15) is 15.3 Å². The molecule has 22 heavy (non-hydrogen) atoms. The van der Waals surface area contributed by atoms with E-state index in [0.29, 0.717) is 17.4 Å². The van der Waals surface area contributed by atoms with Crippen molar-refractivity contribution in [3.8, 4) is 5.75 Å². The Morgan fingerprint density at radius 3 is 2.77 bits per heavy atom. The molecule has 0 radical (unpaired) electrons. The molecular formula is C18H27NO3. The van der Waals surface area contributed by atoms with E-state index in [0.717, 1.165) is 37.9 Å². The molecule has 0 aliphatic carbocycles. The third-order valence-electron chi connectivity index (χ3n) is 5.23. The Labute approximate surface area is 132 Å². The second-order valence-electron chi connectivity index (χ2n) is 7.29. The van der Waals surface area contributed by atoms with Crippen LogP contribution in [0.5, 0.6) is 5.75 Å². The third kappa shape index (κ3) is 2.87. The lowest BCUT2D eigenvalue weighted by Gasteiger charge is -2.46. The number of aliphatic hydroxyl groups excluding tert-OH is 2. The molecule has 0 bridgehead atoms. The van der Waals surface area contributed by atoms with Gasteiger partial charge in [0.05, 0.1) is 12.7 Å². The van der Waals surface area contributed by atoms with Crippen LogP contribution in [-0.2, 0) is 13.0 Å². The lowest BCUT2D eigenvalue weighted by atomic mass is 9.79. The van der Waals surface area contributed by atoms with Gasteiger partial charge >= 0.3 is 0 Å². The van der Waals surface area contributed by atoms with E-state index < -0.39 is 0 Å². The van der Waals surface area contributed by atoms with Crippen LogP contribution in [0.25, 0.3) is 0 Å². The highest BCUT2D eigenvalue weighted by Gasteiger charge is 2.38. The van der Waals surface area contributed by atoms with Gasteiger partial charge in [0.1, 0.15) is 5.75 Å². The van der Waals surface area contributed by atoms with Crippen molar-refractivity contribution in [1.82, 2.24) is 4.90 Å². The zero-order valence-corrected chi connectivity index (χ0v) is 13.5. The first-order chi connectivity index (χ1) is 10.5. The van der Waals surface area contributed by atoms with Crippen LogP contribution in [0.2, 0.25) is 0 Å². The van der Waals surface area contributed by atoms with E-state index in [4.69, 9.17) is 0 Å². The summed E-state index contributed by atoms with van der Waals surface area (Å²) in [7, 11) is 0. The van der Waals surface area contributed by atoms with Gasteiger partial charge in [-0.2, -0.15) is 0 Å². The minimum atomic E-state index is -0.263. The predicted octanol–water partition coefficient (Wildman–Crippen LogP) is 2.21. The van der Waals surface area contributed by atoms with Gasteiger partial charge in [-0.1, -0.05) is 13.8 Å². The van der Waals surface area contributed by atoms with Crippen LogP contribution in [0.4, 0.5) is 0 Å². The zero-order valence-electron chi connectivity index (χ0n) is 13.5. The number of benzene rings is 1. The first-order valence-electron chi connectivity index (χ1n) is 8.37. The fraction of sp³-hybridized carbons (Fsp3) is 0.667. The second kappa shape index (κ2) is 6.19. The van der Waals surface area contributed by atoms with Crippen LogP contribution in [0, 0.1) is 11.8 Å². The molecule has 0 aromatic heterocycles. The fourth-order valence-corrected chi connectivity index (χ4v) is 4.14. The molecule has 2 aliphatic heterocycles. The van der Waals surface area contributed by atoms with Crippen molar-refractivity contribution in [2.75, 3.05) is 13.1 Å². The van der Waals surface area contributed by atoms with Crippen LogP contribution >= 0.6 is 0 Å². The largest absolute Gasteiger partial charge is 0.508 e. The van der Waals surface area contributed by atoms with E-state index in [1.54, 1.807) is 6.07 Å². The molecule has 3 rings (SSSR count). The van der Waals surface area contributed by atoms with Gasteiger partial charge in [0, 0.05) is 24.7 Å². The van der Waals surface area contributed by atoms with Crippen LogP contribution in [0.1, 0.15) is 49.4 Å². The SMILES string of the molecule is CC(C)C[C@H]1CN2CCc3cc(O)c(CO)cc3C2C[C@@H]1O. The smallest absolute Gasteiger partial charge is 0.121 e. The summed E-state index contributed by atoms with van der Waals surface area (Å²) in [5, 5.41) is 29.9. The highest BCUT2D eigenvalue weighted by Crippen LogP contribution is 2.41. The van der Waals surface area contributed by atoms with Crippen molar-refractivity contribution in [3.63, 3.8) is 0 Å². The number of phenols is 1. The number of aromatic hydroxyl groups is 1.